The van der Waals surface area contributed by atoms with Gasteiger partial charge in [0.2, 0.25) is 0 Å². The van der Waals surface area contributed by atoms with Crippen LogP contribution in [0.2, 0.25) is 0 Å². The Morgan fingerprint density at radius 2 is 2.27 bits per heavy atom. The molecule has 0 heterocycles. The summed E-state index contributed by atoms with van der Waals surface area (Å²) in [6, 6.07) is 7.26. The van der Waals surface area contributed by atoms with Crippen molar-refractivity contribution < 1.29 is 19.4 Å². The second-order valence-corrected chi connectivity index (χ2v) is 3.77. The maximum Gasteiger partial charge on any atom is 0.293 e. The van der Waals surface area contributed by atoms with Gasteiger partial charge in [-0.05, 0) is 18.2 Å². The molecule has 1 unspecified atom stereocenters. The molecule has 1 N–H and O–H groups in total. The number of rotatable bonds is 6. The Morgan fingerprint density at radius 1 is 1.47 bits per heavy atom. The van der Waals surface area contributed by atoms with Crippen molar-refractivity contribution in [3.05, 3.63) is 28.7 Å². The van der Waals surface area contributed by atoms with E-state index in [0.717, 1.165) is 4.47 Å². The zero-order valence-corrected chi connectivity index (χ0v) is 9.51. The van der Waals surface area contributed by atoms with Gasteiger partial charge in [0.25, 0.3) is 6.47 Å². The van der Waals surface area contributed by atoms with Gasteiger partial charge in [0.1, 0.15) is 25.1 Å². The van der Waals surface area contributed by atoms with Crippen molar-refractivity contribution >= 4 is 22.4 Å². The molecule has 0 spiro atoms. The van der Waals surface area contributed by atoms with Crippen LogP contribution in [-0.2, 0) is 9.53 Å². The Labute approximate surface area is 95.9 Å². The molecule has 1 aromatic carbocycles. The van der Waals surface area contributed by atoms with Crippen molar-refractivity contribution in [3.63, 3.8) is 0 Å². The third-order valence-corrected chi connectivity index (χ3v) is 2.09. The fourth-order valence-corrected chi connectivity index (χ4v) is 1.33. The molecule has 0 aromatic heterocycles. The normalized spacial score (nSPS) is 11.9. The number of hydrogen-bond acceptors (Lipinski definition) is 4. The molecule has 1 aromatic rings. The van der Waals surface area contributed by atoms with Crippen molar-refractivity contribution in [3.8, 4) is 5.75 Å². The van der Waals surface area contributed by atoms with Crippen LogP contribution in [0.5, 0.6) is 5.75 Å². The minimum Gasteiger partial charge on any atom is -0.491 e. The topological polar surface area (TPSA) is 55.8 Å². The molecule has 0 fully saturated rings. The molecule has 5 heteroatoms. The summed E-state index contributed by atoms with van der Waals surface area (Å²) in [5.74, 6) is 0.648. The Hall–Kier alpha value is -1.07. The maximum absolute atomic E-state index is 9.85. The van der Waals surface area contributed by atoms with Crippen molar-refractivity contribution in [1.82, 2.24) is 0 Å². The van der Waals surface area contributed by atoms with Crippen LogP contribution in [0, 0.1) is 0 Å². The van der Waals surface area contributed by atoms with E-state index in [2.05, 4.69) is 20.7 Å². The largest absolute Gasteiger partial charge is 0.491 e. The first-order valence-electron chi connectivity index (χ1n) is 4.34. The molecule has 0 aliphatic heterocycles. The number of carbonyl (C=O) groups is 1. The summed E-state index contributed by atoms with van der Waals surface area (Å²) in [7, 11) is 0. The standard InChI is InChI=1S/C10H11BrO4/c11-8-2-1-3-10(4-8)15-6-9(13)5-14-7-12/h1-4,7,9,13H,5-6H2. The van der Waals surface area contributed by atoms with Gasteiger partial charge in [-0.25, -0.2) is 0 Å². The third-order valence-electron chi connectivity index (χ3n) is 1.60. The van der Waals surface area contributed by atoms with E-state index in [1.807, 2.05) is 12.1 Å². The van der Waals surface area contributed by atoms with Crippen molar-refractivity contribution in [1.29, 1.82) is 0 Å². The van der Waals surface area contributed by atoms with E-state index in [1.165, 1.54) is 0 Å². The van der Waals surface area contributed by atoms with Crippen LogP contribution in [0.15, 0.2) is 28.7 Å². The fourth-order valence-electron chi connectivity index (χ4n) is 0.948. The van der Waals surface area contributed by atoms with Crippen LogP contribution in [0.25, 0.3) is 0 Å². The lowest BCUT2D eigenvalue weighted by atomic mass is 10.3. The summed E-state index contributed by atoms with van der Waals surface area (Å²) in [5.41, 5.74) is 0. The Bertz CT molecular complexity index is 316. The third kappa shape index (κ3) is 4.80. The zero-order chi connectivity index (χ0) is 11.1. The number of ether oxygens (including phenoxy) is 2. The second-order valence-electron chi connectivity index (χ2n) is 2.85. The molecule has 0 aliphatic rings. The Balaban J connectivity index is 2.33. The molecule has 0 bridgehead atoms. The average Bonchev–Trinajstić information content (AvgIpc) is 2.23. The van der Waals surface area contributed by atoms with E-state index < -0.39 is 6.10 Å². The van der Waals surface area contributed by atoms with Crippen molar-refractivity contribution in [2.24, 2.45) is 0 Å². The number of halogens is 1. The van der Waals surface area contributed by atoms with Gasteiger partial charge in [-0.3, -0.25) is 4.79 Å². The highest BCUT2D eigenvalue weighted by Crippen LogP contribution is 2.17. The van der Waals surface area contributed by atoms with E-state index in [1.54, 1.807) is 12.1 Å². The summed E-state index contributed by atoms with van der Waals surface area (Å²) in [5, 5.41) is 9.29. The van der Waals surface area contributed by atoms with Gasteiger partial charge in [0.15, 0.2) is 0 Å². The molecule has 82 valence electrons. The van der Waals surface area contributed by atoms with Crippen molar-refractivity contribution in [2.45, 2.75) is 6.10 Å². The summed E-state index contributed by atoms with van der Waals surface area (Å²) in [6.07, 6.45) is -0.811. The molecule has 0 saturated heterocycles. The molecule has 0 saturated carbocycles. The monoisotopic (exact) mass is 274 g/mol. The lowest BCUT2D eigenvalue weighted by molar-refractivity contribution is -0.132. The van der Waals surface area contributed by atoms with E-state index in [-0.39, 0.29) is 13.2 Å². The van der Waals surface area contributed by atoms with Crippen molar-refractivity contribution in [2.75, 3.05) is 13.2 Å². The van der Waals surface area contributed by atoms with Crippen LogP contribution in [0.4, 0.5) is 0 Å². The first-order chi connectivity index (χ1) is 7.22. The lowest BCUT2D eigenvalue weighted by Crippen LogP contribution is -2.23. The van der Waals surface area contributed by atoms with Crippen LogP contribution < -0.4 is 4.74 Å². The highest BCUT2D eigenvalue weighted by molar-refractivity contribution is 9.10. The first kappa shape index (κ1) is 12.0. The van der Waals surface area contributed by atoms with E-state index in [4.69, 9.17) is 4.74 Å². The minimum absolute atomic E-state index is 0.0580. The van der Waals surface area contributed by atoms with E-state index >= 15 is 0 Å². The number of carbonyl (C=O) groups excluding carboxylic acids is 1. The highest BCUT2D eigenvalue weighted by Gasteiger charge is 2.05. The quantitative estimate of drug-likeness (QED) is 0.796. The molecule has 1 atom stereocenters. The van der Waals surface area contributed by atoms with Crippen LogP contribution >= 0.6 is 15.9 Å². The highest BCUT2D eigenvalue weighted by atomic mass is 79.9. The zero-order valence-electron chi connectivity index (χ0n) is 7.93. The molecular formula is C10H11BrO4. The number of aliphatic hydroxyl groups is 1. The molecule has 1 rings (SSSR count). The maximum atomic E-state index is 9.85. The van der Waals surface area contributed by atoms with Crippen LogP contribution in [-0.4, -0.2) is 30.9 Å². The lowest BCUT2D eigenvalue weighted by Gasteiger charge is -2.11. The molecular weight excluding hydrogens is 264 g/mol. The second kappa shape index (κ2) is 6.42. The summed E-state index contributed by atoms with van der Waals surface area (Å²) >= 11 is 3.30. The smallest absolute Gasteiger partial charge is 0.293 e. The predicted molar refractivity (Wildman–Crippen MR) is 57.7 cm³/mol. The predicted octanol–water partition coefficient (Wildman–Crippen LogP) is 1.36. The van der Waals surface area contributed by atoms with Crippen LogP contribution in [0.3, 0.4) is 0 Å². The van der Waals surface area contributed by atoms with Gasteiger partial charge in [-0.2, -0.15) is 0 Å². The summed E-state index contributed by atoms with van der Waals surface area (Å²) in [6.45, 7) is 0.324. The SMILES string of the molecule is O=COCC(O)COc1cccc(Br)c1. The number of aliphatic hydroxyl groups excluding tert-OH is 1. The molecule has 15 heavy (non-hydrogen) atoms. The van der Waals surface area contributed by atoms with Crippen LogP contribution in [0.1, 0.15) is 0 Å². The summed E-state index contributed by atoms with van der Waals surface area (Å²) < 4.78 is 10.6. The molecule has 0 aliphatic carbocycles. The van der Waals surface area contributed by atoms with Gasteiger partial charge in [0.05, 0.1) is 0 Å². The van der Waals surface area contributed by atoms with E-state index in [9.17, 15) is 9.90 Å². The molecule has 0 amide bonds. The van der Waals surface area contributed by atoms with Gasteiger partial charge in [-0.1, -0.05) is 22.0 Å². The van der Waals surface area contributed by atoms with Gasteiger partial charge < -0.3 is 14.6 Å². The molecule has 0 radical (unpaired) electrons. The Morgan fingerprint density at radius 3 is 2.93 bits per heavy atom. The molecule has 4 nitrogen and oxygen atoms in total. The number of hydrogen-bond donors (Lipinski definition) is 1. The summed E-state index contributed by atoms with van der Waals surface area (Å²) in [4.78, 5) is 9.85. The van der Waals surface area contributed by atoms with E-state index in [0.29, 0.717) is 12.2 Å². The number of benzene rings is 1. The van der Waals surface area contributed by atoms with Gasteiger partial charge >= 0.3 is 0 Å². The first-order valence-corrected chi connectivity index (χ1v) is 5.13. The van der Waals surface area contributed by atoms with Gasteiger partial charge in [-0.15, -0.1) is 0 Å². The average molecular weight is 275 g/mol. The minimum atomic E-state index is -0.811. The Kier molecular flexibility index (Phi) is 5.14. The van der Waals surface area contributed by atoms with Gasteiger partial charge in [0, 0.05) is 4.47 Å². The fraction of sp³-hybridized carbons (Fsp3) is 0.300.